The maximum atomic E-state index is 13.7. The van der Waals surface area contributed by atoms with Crippen molar-refractivity contribution in [2.24, 2.45) is 0 Å². The Bertz CT molecular complexity index is 901. The van der Waals surface area contributed by atoms with Crippen molar-refractivity contribution in [1.82, 2.24) is 10.6 Å². The first-order valence-corrected chi connectivity index (χ1v) is 9.96. The molecule has 2 amide bonds. The van der Waals surface area contributed by atoms with Crippen LogP contribution < -0.4 is 20.1 Å². The minimum absolute atomic E-state index is 0.0253. The molecule has 0 saturated carbocycles. The molecule has 0 aliphatic carbocycles. The van der Waals surface area contributed by atoms with E-state index < -0.39 is 11.4 Å². The van der Waals surface area contributed by atoms with Crippen molar-refractivity contribution in [2.45, 2.75) is 44.2 Å². The van der Waals surface area contributed by atoms with Gasteiger partial charge in [-0.15, -0.1) is 0 Å². The molecule has 3 rings (SSSR count). The average molecular weight is 414 g/mol. The number of halogens is 1. The molecule has 1 aliphatic heterocycles. The number of amides is 2. The Kier molecular flexibility index (Phi) is 6.92. The average Bonchev–Trinajstić information content (AvgIpc) is 3.13. The number of benzene rings is 2. The highest BCUT2D eigenvalue weighted by atomic mass is 19.1. The van der Waals surface area contributed by atoms with Crippen LogP contribution in [-0.4, -0.2) is 31.6 Å². The van der Waals surface area contributed by atoms with E-state index in [0.717, 1.165) is 16.9 Å². The molecule has 0 radical (unpaired) electrons. The highest BCUT2D eigenvalue weighted by molar-refractivity contribution is 5.80. The zero-order valence-corrected chi connectivity index (χ0v) is 17.3. The molecule has 1 heterocycles. The highest BCUT2D eigenvalue weighted by Crippen LogP contribution is 2.31. The minimum atomic E-state index is -0.516. The molecule has 1 aliphatic rings. The Morgan fingerprint density at radius 3 is 2.50 bits per heavy atom. The SMILES string of the molecule is COc1ccc(CNC(=O)CC[C@]2(Cc3ccc(F)c(OC)c3)CCC(=O)N2)cc1. The second kappa shape index (κ2) is 9.61. The van der Waals surface area contributed by atoms with E-state index in [1.165, 1.54) is 13.2 Å². The molecule has 2 N–H and O–H groups in total. The maximum absolute atomic E-state index is 13.7. The van der Waals surface area contributed by atoms with Crippen molar-refractivity contribution in [1.29, 1.82) is 0 Å². The number of carbonyl (C=O) groups is 2. The zero-order chi connectivity index (χ0) is 21.6. The maximum Gasteiger partial charge on any atom is 0.220 e. The molecular weight excluding hydrogens is 387 g/mol. The second-order valence-corrected chi connectivity index (χ2v) is 7.60. The second-order valence-electron chi connectivity index (χ2n) is 7.60. The van der Waals surface area contributed by atoms with Gasteiger partial charge in [-0.1, -0.05) is 18.2 Å². The molecule has 2 aromatic carbocycles. The van der Waals surface area contributed by atoms with Gasteiger partial charge in [0.25, 0.3) is 0 Å². The molecule has 1 atom stereocenters. The van der Waals surface area contributed by atoms with Crippen LogP contribution in [0.3, 0.4) is 0 Å². The number of hydrogen-bond acceptors (Lipinski definition) is 4. The van der Waals surface area contributed by atoms with Crippen molar-refractivity contribution in [2.75, 3.05) is 14.2 Å². The first-order chi connectivity index (χ1) is 14.4. The summed E-state index contributed by atoms with van der Waals surface area (Å²) in [5, 5.41) is 5.96. The fourth-order valence-corrected chi connectivity index (χ4v) is 3.77. The lowest BCUT2D eigenvalue weighted by Crippen LogP contribution is -2.44. The number of nitrogens with one attached hydrogen (secondary N) is 2. The van der Waals surface area contributed by atoms with Gasteiger partial charge >= 0.3 is 0 Å². The summed E-state index contributed by atoms with van der Waals surface area (Å²) in [6.45, 7) is 0.428. The molecule has 160 valence electrons. The van der Waals surface area contributed by atoms with Gasteiger partial charge in [0.2, 0.25) is 11.8 Å². The normalized spacial score (nSPS) is 18.0. The van der Waals surface area contributed by atoms with E-state index in [1.807, 2.05) is 24.3 Å². The predicted octanol–water partition coefficient (Wildman–Crippen LogP) is 3.13. The summed E-state index contributed by atoms with van der Waals surface area (Å²) in [6, 6.07) is 12.2. The quantitative estimate of drug-likeness (QED) is 0.661. The number of carbonyl (C=O) groups excluding carboxylic acids is 2. The first kappa shape index (κ1) is 21.6. The molecule has 0 unspecified atom stereocenters. The van der Waals surface area contributed by atoms with Gasteiger partial charge in [-0.3, -0.25) is 9.59 Å². The summed E-state index contributed by atoms with van der Waals surface area (Å²) in [5.41, 5.74) is 1.32. The van der Waals surface area contributed by atoms with Gasteiger partial charge in [0, 0.05) is 24.9 Å². The summed E-state index contributed by atoms with van der Waals surface area (Å²) < 4.78 is 23.9. The Morgan fingerprint density at radius 2 is 1.87 bits per heavy atom. The molecule has 6 nitrogen and oxygen atoms in total. The Morgan fingerprint density at radius 1 is 1.13 bits per heavy atom. The van der Waals surface area contributed by atoms with Crippen LogP contribution in [0.1, 0.15) is 36.8 Å². The zero-order valence-electron chi connectivity index (χ0n) is 17.3. The van der Waals surface area contributed by atoms with Crippen LogP contribution in [0.15, 0.2) is 42.5 Å². The molecule has 7 heteroatoms. The smallest absolute Gasteiger partial charge is 0.220 e. The van der Waals surface area contributed by atoms with Gasteiger partial charge in [-0.2, -0.15) is 0 Å². The van der Waals surface area contributed by atoms with Crippen molar-refractivity contribution >= 4 is 11.8 Å². The van der Waals surface area contributed by atoms with Crippen LogP contribution in [-0.2, 0) is 22.6 Å². The van der Waals surface area contributed by atoms with E-state index in [0.29, 0.717) is 32.2 Å². The number of rotatable bonds is 9. The summed E-state index contributed by atoms with van der Waals surface area (Å²) in [6.07, 6.45) is 2.37. The third-order valence-electron chi connectivity index (χ3n) is 5.47. The third-order valence-corrected chi connectivity index (χ3v) is 5.47. The largest absolute Gasteiger partial charge is 0.497 e. The van der Waals surface area contributed by atoms with Crippen LogP contribution in [0, 0.1) is 5.82 Å². The Balaban J connectivity index is 1.59. The monoisotopic (exact) mass is 414 g/mol. The molecule has 1 saturated heterocycles. The Hall–Kier alpha value is -3.09. The molecular formula is C23H27FN2O4. The van der Waals surface area contributed by atoms with Gasteiger partial charge in [0.05, 0.1) is 14.2 Å². The molecule has 0 spiro atoms. The van der Waals surface area contributed by atoms with Gasteiger partial charge in [-0.25, -0.2) is 4.39 Å². The van der Waals surface area contributed by atoms with E-state index in [4.69, 9.17) is 9.47 Å². The standard InChI is InChI=1S/C23H27FN2O4/c1-29-18-6-3-16(4-7-18)15-25-21(27)9-11-23(12-10-22(28)26-23)14-17-5-8-19(24)20(13-17)30-2/h3-8,13H,9-12,14-15H2,1-2H3,(H,25,27)(H,26,28)/t23-/m1/s1. The fourth-order valence-electron chi connectivity index (χ4n) is 3.77. The summed E-state index contributed by atoms with van der Waals surface area (Å²) in [5.74, 6) is 0.403. The van der Waals surface area contributed by atoms with Crippen LogP contribution in [0.25, 0.3) is 0 Å². The minimum Gasteiger partial charge on any atom is -0.497 e. The number of methoxy groups -OCH3 is 2. The van der Waals surface area contributed by atoms with Gasteiger partial charge in [-0.05, 0) is 54.7 Å². The number of hydrogen-bond donors (Lipinski definition) is 2. The third kappa shape index (κ3) is 5.49. The van der Waals surface area contributed by atoms with E-state index in [9.17, 15) is 14.0 Å². The van der Waals surface area contributed by atoms with E-state index in [2.05, 4.69) is 10.6 Å². The lowest BCUT2D eigenvalue weighted by molar-refractivity contribution is -0.122. The van der Waals surface area contributed by atoms with E-state index >= 15 is 0 Å². The van der Waals surface area contributed by atoms with Gasteiger partial charge in [0.15, 0.2) is 11.6 Å². The predicted molar refractivity (Wildman–Crippen MR) is 111 cm³/mol. The van der Waals surface area contributed by atoms with E-state index in [-0.39, 0.29) is 24.0 Å². The summed E-state index contributed by atoms with van der Waals surface area (Å²) in [4.78, 5) is 24.3. The lowest BCUT2D eigenvalue weighted by Gasteiger charge is -2.29. The molecule has 1 fully saturated rings. The molecule has 30 heavy (non-hydrogen) atoms. The van der Waals surface area contributed by atoms with E-state index in [1.54, 1.807) is 19.2 Å². The molecule has 0 bridgehead atoms. The van der Waals surface area contributed by atoms with Crippen molar-refractivity contribution in [3.05, 3.63) is 59.4 Å². The Labute approximate surface area is 175 Å². The topological polar surface area (TPSA) is 76.7 Å². The highest BCUT2D eigenvalue weighted by Gasteiger charge is 2.38. The lowest BCUT2D eigenvalue weighted by atomic mass is 9.85. The number of ether oxygens (including phenoxy) is 2. The van der Waals surface area contributed by atoms with Crippen LogP contribution >= 0.6 is 0 Å². The van der Waals surface area contributed by atoms with Gasteiger partial charge in [0.1, 0.15) is 5.75 Å². The fraction of sp³-hybridized carbons (Fsp3) is 0.391. The van der Waals surface area contributed by atoms with Crippen molar-refractivity contribution in [3.8, 4) is 11.5 Å². The first-order valence-electron chi connectivity index (χ1n) is 9.96. The molecule has 2 aromatic rings. The van der Waals surface area contributed by atoms with Gasteiger partial charge < -0.3 is 20.1 Å². The van der Waals surface area contributed by atoms with Crippen LogP contribution in [0.2, 0.25) is 0 Å². The van der Waals surface area contributed by atoms with Crippen LogP contribution in [0.4, 0.5) is 4.39 Å². The van der Waals surface area contributed by atoms with Crippen molar-refractivity contribution in [3.63, 3.8) is 0 Å². The molecule has 0 aromatic heterocycles. The van der Waals surface area contributed by atoms with Crippen LogP contribution in [0.5, 0.6) is 11.5 Å². The summed E-state index contributed by atoms with van der Waals surface area (Å²) >= 11 is 0. The summed E-state index contributed by atoms with van der Waals surface area (Å²) in [7, 11) is 3.03. The van der Waals surface area contributed by atoms with Crippen molar-refractivity contribution < 1.29 is 23.5 Å².